The van der Waals surface area contributed by atoms with E-state index in [1.807, 2.05) is 54.6 Å². The van der Waals surface area contributed by atoms with Crippen LogP contribution in [0.15, 0.2) is 60.7 Å². The molecule has 2 aromatic carbocycles. The minimum atomic E-state index is -0.153. The van der Waals surface area contributed by atoms with Gasteiger partial charge in [-0.15, -0.1) is 0 Å². The molecule has 1 aliphatic heterocycles. The van der Waals surface area contributed by atoms with Crippen molar-refractivity contribution >= 4 is 34.5 Å². The Labute approximate surface area is 156 Å². The summed E-state index contributed by atoms with van der Waals surface area (Å²) in [7, 11) is 0. The van der Waals surface area contributed by atoms with E-state index in [9.17, 15) is 4.79 Å². The molecule has 3 aromatic rings. The number of para-hydroxylation sites is 1. The van der Waals surface area contributed by atoms with Gasteiger partial charge in [-0.2, -0.15) is 0 Å². The Morgan fingerprint density at radius 2 is 2.04 bits per heavy atom. The van der Waals surface area contributed by atoms with E-state index in [4.69, 9.17) is 16.3 Å². The van der Waals surface area contributed by atoms with Gasteiger partial charge in [0.1, 0.15) is 5.75 Å². The molecule has 5 heteroatoms. The van der Waals surface area contributed by atoms with E-state index < -0.39 is 0 Å². The summed E-state index contributed by atoms with van der Waals surface area (Å²) in [4.78, 5) is 16.8. The van der Waals surface area contributed by atoms with E-state index in [2.05, 4.69) is 10.3 Å². The number of halogens is 1. The van der Waals surface area contributed by atoms with Crippen molar-refractivity contribution < 1.29 is 9.53 Å². The Kier molecular flexibility index (Phi) is 4.59. The summed E-state index contributed by atoms with van der Waals surface area (Å²) >= 11 is 6.02. The van der Waals surface area contributed by atoms with E-state index in [1.54, 1.807) is 6.08 Å². The Bertz CT molecular complexity index is 1000. The highest BCUT2D eigenvalue weighted by Gasteiger charge is 2.21. The third kappa shape index (κ3) is 3.55. The average Bonchev–Trinajstić information content (AvgIpc) is 2.66. The number of ether oxygens (including phenoxy) is 1. The molecule has 0 radical (unpaired) electrons. The number of fused-ring (bicyclic) bond motifs is 2. The number of rotatable bonds is 3. The highest BCUT2D eigenvalue weighted by atomic mass is 35.5. The average molecular weight is 365 g/mol. The fraction of sp³-hybridized carbons (Fsp3) is 0.143. The number of carbonyl (C=O) groups excluding carboxylic acids is 1. The normalized spacial score (nSPS) is 16.3. The summed E-state index contributed by atoms with van der Waals surface area (Å²) in [5.74, 6) is 0.681. The Morgan fingerprint density at radius 3 is 2.96 bits per heavy atom. The van der Waals surface area contributed by atoms with Gasteiger partial charge in [0.25, 0.3) is 0 Å². The topological polar surface area (TPSA) is 51.2 Å². The van der Waals surface area contributed by atoms with Crippen LogP contribution in [0.5, 0.6) is 5.75 Å². The summed E-state index contributed by atoms with van der Waals surface area (Å²) in [5.41, 5.74) is 2.53. The van der Waals surface area contributed by atoms with Crippen molar-refractivity contribution in [1.29, 1.82) is 0 Å². The van der Waals surface area contributed by atoms with Crippen LogP contribution in [0.4, 0.5) is 0 Å². The summed E-state index contributed by atoms with van der Waals surface area (Å²) in [6.45, 7) is 0.596. The Hall–Kier alpha value is -2.85. The summed E-state index contributed by atoms with van der Waals surface area (Å²) < 4.78 is 5.62. The molecule has 2 heterocycles. The number of benzene rings is 2. The standard InChI is InChI=1S/C21H17ClN2O2/c22-15-7-5-14-6-8-16(23-19(14)13-15)9-10-21(25)24-18-11-12-26-20-4-2-1-3-17(18)20/h1-10,13,18H,11-12H2,(H,24,25)/b10-9+/t18-/m0/s1. The molecule has 1 atom stereocenters. The van der Waals surface area contributed by atoms with Gasteiger partial charge in [-0.1, -0.05) is 41.9 Å². The molecule has 0 bridgehead atoms. The lowest BCUT2D eigenvalue weighted by Crippen LogP contribution is -2.30. The second kappa shape index (κ2) is 7.18. The molecule has 4 nitrogen and oxygen atoms in total. The van der Waals surface area contributed by atoms with Crippen LogP contribution in [0, 0.1) is 0 Å². The molecule has 0 spiro atoms. The highest BCUT2D eigenvalue weighted by molar-refractivity contribution is 6.31. The van der Waals surface area contributed by atoms with E-state index >= 15 is 0 Å². The SMILES string of the molecule is O=C(/C=C/c1ccc2ccc(Cl)cc2n1)N[C@H]1CCOc2ccccc21. The number of nitrogens with zero attached hydrogens (tertiary/aromatic N) is 1. The van der Waals surface area contributed by atoms with Crippen LogP contribution >= 0.6 is 11.6 Å². The first kappa shape index (κ1) is 16.6. The zero-order chi connectivity index (χ0) is 17.9. The first-order chi connectivity index (χ1) is 12.7. The van der Waals surface area contributed by atoms with Gasteiger partial charge in [-0.05, 0) is 30.3 Å². The summed E-state index contributed by atoms with van der Waals surface area (Å²) in [6, 6.07) is 17.2. The van der Waals surface area contributed by atoms with Crippen LogP contribution < -0.4 is 10.1 Å². The molecule has 4 rings (SSSR count). The molecular formula is C21H17ClN2O2. The van der Waals surface area contributed by atoms with Crippen LogP contribution in [-0.4, -0.2) is 17.5 Å². The third-order valence-electron chi connectivity index (χ3n) is 4.36. The maximum Gasteiger partial charge on any atom is 0.244 e. The lowest BCUT2D eigenvalue weighted by atomic mass is 10.0. The van der Waals surface area contributed by atoms with Crippen LogP contribution in [0.3, 0.4) is 0 Å². The number of amides is 1. The van der Waals surface area contributed by atoms with Crippen molar-refractivity contribution in [3.63, 3.8) is 0 Å². The largest absolute Gasteiger partial charge is 0.493 e. The van der Waals surface area contributed by atoms with E-state index in [0.29, 0.717) is 17.3 Å². The van der Waals surface area contributed by atoms with Gasteiger partial charge in [0.15, 0.2) is 0 Å². The van der Waals surface area contributed by atoms with Crippen molar-refractivity contribution in [2.24, 2.45) is 0 Å². The molecule has 130 valence electrons. The second-order valence-corrected chi connectivity index (χ2v) is 6.58. The summed E-state index contributed by atoms with van der Waals surface area (Å²) in [6.07, 6.45) is 3.97. The molecule has 0 saturated heterocycles. The quantitative estimate of drug-likeness (QED) is 0.694. The predicted octanol–water partition coefficient (Wildman–Crippen LogP) is 4.54. The second-order valence-electron chi connectivity index (χ2n) is 6.14. The molecule has 0 aliphatic carbocycles. The summed E-state index contributed by atoms with van der Waals surface area (Å²) in [5, 5.41) is 4.69. The lowest BCUT2D eigenvalue weighted by molar-refractivity contribution is -0.117. The molecule has 0 fully saturated rings. The van der Waals surface area contributed by atoms with Gasteiger partial charge in [-0.3, -0.25) is 4.79 Å². The van der Waals surface area contributed by atoms with E-state index in [1.165, 1.54) is 6.08 Å². The molecular weight excluding hydrogens is 348 g/mol. The Morgan fingerprint density at radius 1 is 1.19 bits per heavy atom. The number of hydrogen-bond acceptors (Lipinski definition) is 3. The van der Waals surface area contributed by atoms with E-state index in [-0.39, 0.29) is 11.9 Å². The first-order valence-corrected chi connectivity index (χ1v) is 8.83. The molecule has 1 aromatic heterocycles. The minimum absolute atomic E-state index is 0.0412. The molecule has 1 aliphatic rings. The molecule has 1 N–H and O–H groups in total. The van der Waals surface area contributed by atoms with Gasteiger partial charge in [0.05, 0.1) is 23.9 Å². The minimum Gasteiger partial charge on any atom is -0.493 e. The maximum absolute atomic E-state index is 12.3. The maximum atomic E-state index is 12.3. The van der Waals surface area contributed by atoms with Crippen molar-refractivity contribution in [1.82, 2.24) is 10.3 Å². The monoisotopic (exact) mass is 364 g/mol. The van der Waals surface area contributed by atoms with Gasteiger partial charge < -0.3 is 10.1 Å². The zero-order valence-electron chi connectivity index (χ0n) is 14.0. The van der Waals surface area contributed by atoms with Crippen LogP contribution in [0.25, 0.3) is 17.0 Å². The van der Waals surface area contributed by atoms with Gasteiger partial charge in [-0.25, -0.2) is 4.98 Å². The Balaban J connectivity index is 1.48. The fourth-order valence-corrected chi connectivity index (χ4v) is 3.24. The zero-order valence-corrected chi connectivity index (χ0v) is 14.7. The van der Waals surface area contributed by atoms with Crippen molar-refractivity contribution in [3.05, 3.63) is 77.0 Å². The first-order valence-electron chi connectivity index (χ1n) is 8.46. The number of nitrogens with one attached hydrogen (secondary N) is 1. The van der Waals surface area contributed by atoms with Crippen LogP contribution in [-0.2, 0) is 4.79 Å². The van der Waals surface area contributed by atoms with Gasteiger partial charge in [0.2, 0.25) is 5.91 Å². The van der Waals surface area contributed by atoms with Crippen molar-refractivity contribution in [2.45, 2.75) is 12.5 Å². The molecule has 0 unspecified atom stereocenters. The van der Waals surface area contributed by atoms with E-state index in [0.717, 1.165) is 28.6 Å². The highest BCUT2D eigenvalue weighted by Crippen LogP contribution is 2.31. The van der Waals surface area contributed by atoms with Crippen molar-refractivity contribution in [2.75, 3.05) is 6.61 Å². The lowest BCUT2D eigenvalue weighted by Gasteiger charge is -2.26. The molecule has 26 heavy (non-hydrogen) atoms. The van der Waals surface area contributed by atoms with Gasteiger partial charge >= 0.3 is 0 Å². The number of hydrogen-bond donors (Lipinski definition) is 1. The van der Waals surface area contributed by atoms with Gasteiger partial charge in [0, 0.05) is 28.5 Å². The third-order valence-corrected chi connectivity index (χ3v) is 4.59. The van der Waals surface area contributed by atoms with Crippen molar-refractivity contribution in [3.8, 4) is 5.75 Å². The number of carbonyl (C=O) groups is 1. The van der Waals surface area contributed by atoms with Crippen LogP contribution in [0.1, 0.15) is 23.7 Å². The smallest absolute Gasteiger partial charge is 0.244 e. The van der Waals surface area contributed by atoms with Crippen LogP contribution in [0.2, 0.25) is 5.02 Å². The molecule has 0 saturated carbocycles. The number of pyridine rings is 1. The number of aromatic nitrogens is 1. The molecule has 1 amide bonds. The fourth-order valence-electron chi connectivity index (χ4n) is 3.07. The predicted molar refractivity (Wildman–Crippen MR) is 103 cm³/mol.